The number of carbonyl (C=O) groups is 2. The van der Waals surface area contributed by atoms with Gasteiger partial charge in [0.25, 0.3) is 0 Å². The van der Waals surface area contributed by atoms with E-state index in [4.69, 9.17) is 15.0 Å². The molecule has 0 unspecified atom stereocenters. The van der Waals surface area contributed by atoms with Crippen molar-refractivity contribution in [2.45, 2.75) is 66.2 Å². The summed E-state index contributed by atoms with van der Waals surface area (Å²) in [4.78, 5) is 25.3. The lowest BCUT2D eigenvalue weighted by molar-refractivity contribution is -0.126. The van der Waals surface area contributed by atoms with Gasteiger partial charge in [-0.25, -0.2) is 0 Å². The lowest BCUT2D eigenvalue weighted by atomic mass is 9.75. The summed E-state index contributed by atoms with van der Waals surface area (Å²) in [6, 6.07) is 9.09. The average Bonchev–Trinajstić information content (AvgIpc) is 3.03. The van der Waals surface area contributed by atoms with E-state index in [0.29, 0.717) is 36.5 Å². The van der Waals surface area contributed by atoms with Crippen LogP contribution in [0.2, 0.25) is 0 Å². The van der Waals surface area contributed by atoms with Gasteiger partial charge in [0.15, 0.2) is 5.78 Å². The molecule has 1 aliphatic rings. The molecule has 1 atom stereocenters. The molecule has 0 fully saturated rings. The first kappa shape index (κ1) is 23.8. The van der Waals surface area contributed by atoms with Gasteiger partial charge in [-0.15, -0.1) is 0 Å². The summed E-state index contributed by atoms with van der Waals surface area (Å²) >= 11 is 0. The monoisotopic (exact) mass is 415 g/mol. The van der Waals surface area contributed by atoms with Crippen LogP contribution in [0.5, 0.6) is 0 Å². The number of amides is 1. The topological polar surface area (TPSA) is 107 Å². The van der Waals surface area contributed by atoms with Crippen LogP contribution in [0.4, 0.5) is 0 Å². The molecule has 2 aromatic rings. The molecule has 0 aliphatic heterocycles. The summed E-state index contributed by atoms with van der Waals surface area (Å²) in [6.45, 7) is 7.81. The van der Waals surface area contributed by atoms with Crippen LogP contribution in [0.3, 0.4) is 0 Å². The molecule has 3 rings (SSSR count). The van der Waals surface area contributed by atoms with Gasteiger partial charge in [-0.2, -0.15) is 0 Å². The van der Waals surface area contributed by atoms with Crippen molar-refractivity contribution in [2.75, 3.05) is 6.61 Å². The van der Waals surface area contributed by atoms with Crippen molar-refractivity contribution in [3.8, 4) is 0 Å². The van der Waals surface area contributed by atoms with Crippen LogP contribution < -0.4 is 11.1 Å². The van der Waals surface area contributed by atoms with E-state index in [1.807, 2.05) is 44.2 Å². The van der Waals surface area contributed by atoms with Gasteiger partial charge in [-0.3, -0.25) is 9.59 Å². The maximum Gasteiger partial charge on any atom is 0.240 e. The molecule has 1 heterocycles. The van der Waals surface area contributed by atoms with E-state index in [1.54, 1.807) is 13.8 Å². The smallest absolute Gasteiger partial charge is 0.240 e. The largest absolute Gasteiger partial charge is 0.374 e. The number of Topliss-reactive ketones (excluding diaryl/α,β-unsaturated/α-hetero) is 1. The zero-order chi connectivity index (χ0) is 21.2. The highest BCUT2D eigenvalue weighted by Crippen LogP contribution is 2.37. The second-order valence-electron chi connectivity index (χ2n) is 9.06. The number of nitrogens with two attached hydrogens (primary N) is 1. The number of carbonyl (C=O) groups excluding carboxylic acids is 2. The van der Waals surface area contributed by atoms with E-state index in [0.717, 1.165) is 5.56 Å². The van der Waals surface area contributed by atoms with Gasteiger partial charge in [-0.05, 0) is 24.8 Å². The third-order valence-electron chi connectivity index (χ3n) is 4.96. The lowest BCUT2D eigenvalue weighted by Gasteiger charge is -2.28. The molecule has 30 heavy (non-hydrogen) atoms. The van der Waals surface area contributed by atoms with Crippen molar-refractivity contribution in [3.63, 3.8) is 0 Å². The summed E-state index contributed by atoms with van der Waals surface area (Å²) in [5.74, 6) is 0.184. The number of ether oxygens (including phenoxy) is 1. The number of aromatic nitrogens is 1. The number of nitrogens with zero attached hydrogens (tertiary/aromatic N) is 1. The Balaban J connectivity index is 0.00000320. The number of benzene rings is 1. The molecule has 0 bridgehead atoms. The molecule has 1 aromatic heterocycles. The van der Waals surface area contributed by atoms with Crippen molar-refractivity contribution in [1.29, 1.82) is 0 Å². The first-order chi connectivity index (χ1) is 13.6. The first-order valence-electron chi connectivity index (χ1n) is 9.80. The number of fused-ring (bicyclic) bond motifs is 1. The Morgan fingerprint density at radius 3 is 2.60 bits per heavy atom. The fourth-order valence-electron chi connectivity index (χ4n) is 3.42. The molecular weight excluding hydrogens is 382 g/mol. The summed E-state index contributed by atoms with van der Waals surface area (Å²) in [7, 11) is 0. The van der Waals surface area contributed by atoms with E-state index in [1.165, 1.54) is 0 Å². The third-order valence-corrected chi connectivity index (χ3v) is 4.96. The zero-order valence-electron chi connectivity index (χ0n) is 17.5. The zero-order valence-corrected chi connectivity index (χ0v) is 17.5. The molecule has 0 saturated carbocycles. The van der Waals surface area contributed by atoms with Crippen molar-refractivity contribution >= 4 is 11.7 Å². The molecular formula is C23H33N3O4. The highest BCUT2D eigenvalue weighted by Gasteiger charge is 2.39. The summed E-state index contributed by atoms with van der Waals surface area (Å²) in [6.07, 6.45) is 1.02. The SMILES string of the molecule is C.CC1(C)CC(=O)c2c([C@@H](COCc3ccccc3)NC(=O)C(C)(C)N)noc2C1. The fraction of sp³-hybridized carbons (Fsp3) is 0.522. The second-order valence-corrected chi connectivity index (χ2v) is 9.06. The predicted octanol–water partition coefficient (Wildman–Crippen LogP) is 3.58. The second kappa shape index (κ2) is 9.10. The molecule has 1 amide bonds. The number of hydrogen-bond acceptors (Lipinski definition) is 6. The third kappa shape index (κ3) is 5.55. The van der Waals surface area contributed by atoms with Crippen molar-refractivity contribution in [2.24, 2.45) is 11.1 Å². The standard InChI is InChI=1S/C22H29N3O4.CH4/c1-21(2)10-16(26)18-17(11-21)29-25-19(18)15(24-20(27)22(3,4)23)13-28-12-14-8-6-5-7-9-14;/h5-9,15H,10-13,23H2,1-4H3,(H,24,27);1H4/t15-;/m1./s1. The maximum absolute atomic E-state index is 12.8. The predicted molar refractivity (Wildman–Crippen MR) is 115 cm³/mol. The van der Waals surface area contributed by atoms with Gasteiger partial charge in [-0.1, -0.05) is 56.8 Å². The summed E-state index contributed by atoms with van der Waals surface area (Å²) in [5, 5.41) is 7.02. The Kier molecular flexibility index (Phi) is 7.21. The average molecular weight is 416 g/mol. The Morgan fingerprint density at radius 1 is 1.30 bits per heavy atom. The van der Waals surface area contributed by atoms with Gasteiger partial charge in [0.1, 0.15) is 11.5 Å². The van der Waals surface area contributed by atoms with E-state index in [2.05, 4.69) is 10.5 Å². The van der Waals surface area contributed by atoms with Crippen LogP contribution in [0.15, 0.2) is 34.9 Å². The van der Waals surface area contributed by atoms with Gasteiger partial charge in [0.2, 0.25) is 5.91 Å². The molecule has 0 spiro atoms. The van der Waals surface area contributed by atoms with Crippen LogP contribution in [-0.2, 0) is 22.6 Å². The van der Waals surface area contributed by atoms with Crippen LogP contribution in [0.1, 0.15) is 75.0 Å². The molecule has 7 heteroatoms. The molecule has 164 valence electrons. The van der Waals surface area contributed by atoms with Gasteiger partial charge in [0.05, 0.1) is 30.4 Å². The molecule has 3 N–H and O–H groups in total. The lowest BCUT2D eigenvalue weighted by Crippen LogP contribution is -2.50. The van der Waals surface area contributed by atoms with Crippen LogP contribution in [0, 0.1) is 5.41 Å². The Hall–Kier alpha value is -2.51. The van der Waals surface area contributed by atoms with E-state index < -0.39 is 11.6 Å². The molecule has 0 radical (unpaired) electrons. The van der Waals surface area contributed by atoms with E-state index in [-0.39, 0.29) is 31.1 Å². The van der Waals surface area contributed by atoms with E-state index >= 15 is 0 Å². The Labute approximate surface area is 178 Å². The fourth-order valence-corrected chi connectivity index (χ4v) is 3.42. The highest BCUT2D eigenvalue weighted by molar-refractivity contribution is 5.99. The number of rotatable bonds is 7. The van der Waals surface area contributed by atoms with Crippen molar-refractivity contribution in [3.05, 3.63) is 52.9 Å². The quantitative estimate of drug-likeness (QED) is 0.716. The minimum absolute atomic E-state index is 0. The number of hydrogen-bond donors (Lipinski definition) is 2. The van der Waals surface area contributed by atoms with E-state index in [9.17, 15) is 9.59 Å². The van der Waals surface area contributed by atoms with Crippen LogP contribution >= 0.6 is 0 Å². The minimum atomic E-state index is -1.08. The Bertz CT molecular complexity index is 882. The normalized spacial score (nSPS) is 16.4. The molecule has 1 aliphatic carbocycles. The van der Waals surface area contributed by atoms with Crippen LogP contribution in [0.25, 0.3) is 0 Å². The molecule has 1 aromatic carbocycles. The van der Waals surface area contributed by atoms with Gasteiger partial charge >= 0.3 is 0 Å². The van der Waals surface area contributed by atoms with Gasteiger partial charge in [0, 0.05) is 12.8 Å². The summed E-state index contributed by atoms with van der Waals surface area (Å²) < 4.78 is 11.3. The maximum atomic E-state index is 12.8. The Morgan fingerprint density at radius 2 is 1.97 bits per heavy atom. The molecule has 0 saturated heterocycles. The van der Waals surface area contributed by atoms with Gasteiger partial charge < -0.3 is 20.3 Å². The highest BCUT2D eigenvalue weighted by atomic mass is 16.5. The first-order valence-corrected chi connectivity index (χ1v) is 9.80. The molecule has 7 nitrogen and oxygen atoms in total. The van der Waals surface area contributed by atoms with Crippen molar-refractivity contribution in [1.82, 2.24) is 10.5 Å². The summed E-state index contributed by atoms with van der Waals surface area (Å²) in [5.41, 5.74) is 6.57. The van der Waals surface area contributed by atoms with Crippen LogP contribution in [-0.4, -0.2) is 29.0 Å². The number of nitrogens with one attached hydrogen (secondary N) is 1. The van der Waals surface area contributed by atoms with Crippen molar-refractivity contribution < 1.29 is 18.8 Å². The number of ketones is 1. The minimum Gasteiger partial charge on any atom is -0.374 e.